The number of ether oxygens (including phenoxy) is 2. The average Bonchev–Trinajstić information content (AvgIpc) is 2.43. The van der Waals surface area contributed by atoms with E-state index in [1.807, 2.05) is 0 Å². The number of esters is 2. The highest BCUT2D eigenvalue weighted by Crippen LogP contribution is 1.96. The summed E-state index contributed by atoms with van der Waals surface area (Å²) in [5.41, 5.74) is 5.38. The van der Waals surface area contributed by atoms with E-state index in [4.69, 9.17) is 5.73 Å². The van der Waals surface area contributed by atoms with Gasteiger partial charge in [-0.1, -0.05) is 0 Å². The fourth-order valence-corrected chi connectivity index (χ4v) is 1.43. The van der Waals surface area contributed by atoms with Crippen LogP contribution >= 0.6 is 0 Å². The van der Waals surface area contributed by atoms with Crippen molar-refractivity contribution in [2.24, 2.45) is 5.73 Å². The lowest BCUT2D eigenvalue weighted by Crippen LogP contribution is -2.43. The van der Waals surface area contributed by atoms with Crippen LogP contribution in [-0.4, -0.2) is 81.6 Å². The highest BCUT2D eigenvalue weighted by atomic mass is 16.5. The summed E-state index contributed by atoms with van der Waals surface area (Å²) in [6.07, 6.45) is 0.691. The summed E-state index contributed by atoms with van der Waals surface area (Å²) in [5, 5.41) is 0. The number of nitrogens with two attached hydrogens (primary N) is 1. The van der Waals surface area contributed by atoms with Crippen LogP contribution in [0, 0.1) is 0 Å². The minimum atomic E-state index is -0.522. The largest absolute Gasteiger partial charge is 0.468 e. The first kappa shape index (κ1) is 18.3. The number of methoxy groups -OCH3 is 2. The highest BCUT2D eigenvalue weighted by molar-refractivity contribution is 5.81. The van der Waals surface area contributed by atoms with E-state index in [9.17, 15) is 14.4 Å². The van der Waals surface area contributed by atoms with Gasteiger partial charge < -0.3 is 20.1 Å². The van der Waals surface area contributed by atoms with Crippen molar-refractivity contribution in [1.82, 2.24) is 9.80 Å². The van der Waals surface area contributed by atoms with E-state index in [2.05, 4.69) is 9.47 Å². The number of carbonyl (C=O) groups is 3. The Kier molecular flexibility index (Phi) is 9.31. The predicted molar refractivity (Wildman–Crippen MR) is 71.8 cm³/mol. The Balaban J connectivity index is 4.49. The third kappa shape index (κ3) is 7.70. The molecule has 0 radical (unpaired) electrons. The van der Waals surface area contributed by atoms with Crippen LogP contribution in [0.1, 0.15) is 6.42 Å². The average molecular weight is 289 g/mol. The molecule has 8 nitrogen and oxygen atoms in total. The fourth-order valence-electron chi connectivity index (χ4n) is 1.43. The van der Waals surface area contributed by atoms with Crippen LogP contribution in [0.25, 0.3) is 0 Å². The second kappa shape index (κ2) is 10.2. The minimum Gasteiger partial charge on any atom is -0.468 e. The molecule has 0 fully saturated rings. The number of hydrogen-bond acceptors (Lipinski definition) is 7. The number of carbonyl (C=O) groups excluding carboxylic acids is 3. The van der Waals surface area contributed by atoms with Crippen LogP contribution in [0.4, 0.5) is 0 Å². The van der Waals surface area contributed by atoms with Crippen molar-refractivity contribution >= 4 is 17.8 Å². The second-order valence-electron chi connectivity index (χ2n) is 4.25. The van der Waals surface area contributed by atoms with Crippen molar-refractivity contribution in [3.05, 3.63) is 0 Å². The third-order valence-corrected chi connectivity index (χ3v) is 2.64. The van der Waals surface area contributed by atoms with E-state index in [0.717, 1.165) is 0 Å². The lowest BCUT2D eigenvalue weighted by atomic mass is 10.3. The summed E-state index contributed by atoms with van der Waals surface area (Å²) in [6.45, 7) is 0.653. The molecule has 1 amide bonds. The predicted octanol–water partition coefficient (Wildman–Crippen LogP) is -1.56. The summed E-state index contributed by atoms with van der Waals surface area (Å²) >= 11 is 0. The Bertz CT molecular complexity index is 317. The Labute approximate surface area is 118 Å². The first-order valence-electron chi connectivity index (χ1n) is 6.24. The number of likely N-dealkylation sites (N-methyl/N-ethyl adjacent to an activating group) is 1. The molecule has 0 aromatic heterocycles. The molecule has 0 aliphatic heterocycles. The Morgan fingerprint density at radius 2 is 1.50 bits per heavy atom. The Hall–Kier alpha value is -1.67. The smallest absolute Gasteiger partial charge is 0.319 e. The zero-order valence-electron chi connectivity index (χ0n) is 12.3. The molecular weight excluding hydrogens is 266 g/mol. The maximum atomic E-state index is 11.9. The van der Waals surface area contributed by atoms with Gasteiger partial charge in [-0.2, -0.15) is 0 Å². The van der Waals surface area contributed by atoms with E-state index < -0.39 is 11.9 Å². The minimum absolute atomic E-state index is 0.0642. The van der Waals surface area contributed by atoms with Gasteiger partial charge in [0.05, 0.1) is 33.9 Å². The van der Waals surface area contributed by atoms with Gasteiger partial charge in [-0.05, 0) is 13.0 Å². The van der Waals surface area contributed by atoms with Crippen LogP contribution in [-0.2, 0) is 23.9 Å². The summed E-state index contributed by atoms with van der Waals surface area (Å²) < 4.78 is 9.06. The molecule has 0 saturated carbocycles. The van der Waals surface area contributed by atoms with Crippen LogP contribution in [0.5, 0.6) is 0 Å². The third-order valence-electron chi connectivity index (χ3n) is 2.64. The Morgan fingerprint density at radius 3 is 1.90 bits per heavy atom. The normalized spacial score (nSPS) is 10.2. The van der Waals surface area contributed by atoms with Crippen LogP contribution in [0.15, 0.2) is 0 Å². The van der Waals surface area contributed by atoms with Gasteiger partial charge in [-0.3, -0.25) is 19.3 Å². The quantitative estimate of drug-likeness (QED) is 0.512. The van der Waals surface area contributed by atoms with Crippen molar-refractivity contribution in [2.45, 2.75) is 6.42 Å². The van der Waals surface area contributed by atoms with Crippen LogP contribution < -0.4 is 5.73 Å². The van der Waals surface area contributed by atoms with Crippen molar-refractivity contribution in [3.63, 3.8) is 0 Å². The number of rotatable bonds is 9. The number of hydrogen-bond donors (Lipinski definition) is 1. The molecule has 0 saturated heterocycles. The standard InChI is InChI=1S/C12H23N3O5/c1-14(6-4-5-13)10(16)7-15(8-11(17)19-2)9-12(18)20-3/h4-9,13H2,1-3H3. The summed E-state index contributed by atoms with van der Waals surface area (Å²) in [4.78, 5) is 37.3. The Morgan fingerprint density at radius 1 is 1.00 bits per heavy atom. The van der Waals surface area contributed by atoms with Crippen molar-refractivity contribution in [2.75, 3.05) is 54.0 Å². The molecule has 116 valence electrons. The molecule has 0 aromatic carbocycles. The van der Waals surface area contributed by atoms with E-state index >= 15 is 0 Å². The summed E-state index contributed by atoms with van der Waals surface area (Å²) in [7, 11) is 4.13. The molecule has 8 heteroatoms. The highest BCUT2D eigenvalue weighted by Gasteiger charge is 2.20. The molecule has 0 unspecified atom stereocenters. The maximum Gasteiger partial charge on any atom is 0.319 e. The molecule has 0 heterocycles. The zero-order valence-corrected chi connectivity index (χ0v) is 12.3. The lowest BCUT2D eigenvalue weighted by molar-refractivity contribution is -0.146. The van der Waals surface area contributed by atoms with Gasteiger partial charge in [0.1, 0.15) is 0 Å². The van der Waals surface area contributed by atoms with E-state index in [1.165, 1.54) is 24.0 Å². The first-order chi connectivity index (χ1) is 9.44. The van der Waals surface area contributed by atoms with Gasteiger partial charge >= 0.3 is 11.9 Å². The van der Waals surface area contributed by atoms with Crippen molar-refractivity contribution < 1.29 is 23.9 Å². The summed E-state index contributed by atoms with van der Waals surface area (Å²) in [6, 6.07) is 0. The van der Waals surface area contributed by atoms with Crippen LogP contribution in [0.3, 0.4) is 0 Å². The van der Waals surface area contributed by atoms with E-state index in [-0.39, 0.29) is 25.5 Å². The molecule has 0 bridgehead atoms. The summed E-state index contributed by atoms with van der Waals surface area (Å²) in [5.74, 6) is -1.25. The number of nitrogens with zero attached hydrogens (tertiary/aromatic N) is 2. The van der Waals surface area contributed by atoms with Gasteiger partial charge in [-0.25, -0.2) is 0 Å². The molecular formula is C12H23N3O5. The maximum absolute atomic E-state index is 11.9. The van der Waals surface area contributed by atoms with E-state index in [1.54, 1.807) is 7.05 Å². The fraction of sp³-hybridized carbons (Fsp3) is 0.750. The molecule has 0 rings (SSSR count). The SMILES string of the molecule is COC(=O)CN(CC(=O)OC)CC(=O)N(C)CCCN. The molecule has 0 aliphatic rings. The second-order valence-corrected chi connectivity index (χ2v) is 4.25. The zero-order chi connectivity index (χ0) is 15.5. The van der Waals surface area contributed by atoms with Gasteiger partial charge in [0, 0.05) is 13.6 Å². The molecule has 2 N–H and O–H groups in total. The molecule has 0 atom stereocenters. The topological polar surface area (TPSA) is 102 Å². The van der Waals surface area contributed by atoms with Gasteiger partial charge in [0.2, 0.25) is 5.91 Å². The van der Waals surface area contributed by atoms with Crippen LogP contribution in [0.2, 0.25) is 0 Å². The first-order valence-corrected chi connectivity index (χ1v) is 6.24. The molecule has 0 aromatic rings. The molecule has 20 heavy (non-hydrogen) atoms. The van der Waals surface area contributed by atoms with E-state index in [0.29, 0.717) is 19.5 Å². The lowest BCUT2D eigenvalue weighted by Gasteiger charge is -2.23. The number of amides is 1. The molecule has 0 aliphatic carbocycles. The molecule has 0 spiro atoms. The van der Waals surface area contributed by atoms with Gasteiger partial charge in [0.25, 0.3) is 0 Å². The van der Waals surface area contributed by atoms with Gasteiger partial charge in [-0.15, -0.1) is 0 Å². The monoisotopic (exact) mass is 289 g/mol. The van der Waals surface area contributed by atoms with Crippen molar-refractivity contribution in [1.29, 1.82) is 0 Å². The van der Waals surface area contributed by atoms with Gasteiger partial charge in [0.15, 0.2) is 0 Å². The van der Waals surface area contributed by atoms with Crippen molar-refractivity contribution in [3.8, 4) is 0 Å².